The predicted octanol–water partition coefficient (Wildman–Crippen LogP) is 1.13. The number of aromatic nitrogens is 1. The van der Waals surface area contributed by atoms with Gasteiger partial charge in [-0.15, -0.1) is 0 Å². The van der Waals surface area contributed by atoms with Gasteiger partial charge >= 0.3 is 0 Å². The fraction of sp³-hybridized carbons (Fsp3) is 0.333. The topological polar surface area (TPSA) is 4.93 Å². The highest BCUT2D eigenvalue weighted by molar-refractivity contribution is 5.00. The lowest BCUT2D eigenvalue weighted by Gasteiger charge is -1.89. The molecule has 1 aromatic rings. The van der Waals surface area contributed by atoms with Crippen LogP contribution in [-0.4, -0.2) is 4.57 Å². The number of nitrogens with zero attached hydrogens (tertiary/aromatic N) is 1. The average molecular weight is 94.1 g/mol. The Morgan fingerprint density at radius 3 is 2.57 bits per heavy atom. The van der Waals surface area contributed by atoms with Crippen molar-refractivity contribution in [1.29, 1.82) is 0 Å². The Bertz CT molecular complexity index is 136. The molecule has 1 aromatic heterocycles. The van der Waals surface area contributed by atoms with Crippen LogP contribution in [-0.2, 0) is 7.05 Å². The van der Waals surface area contributed by atoms with Crippen LogP contribution in [0.15, 0.2) is 12.3 Å². The molecule has 0 saturated heterocycles. The van der Waals surface area contributed by atoms with Gasteiger partial charge in [-0.1, -0.05) is 0 Å². The third-order valence-corrected chi connectivity index (χ3v) is 1.12. The quantitative estimate of drug-likeness (QED) is 0.454. The molecule has 7 heavy (non-hydrogen) atoms. The molecule has 0 unspecified atom stereocenters. The summed E-state index contributed by atoms with van der Waals surface area (Å²) in [5.41, 5.74) is 1.18. The SMILES string of the molecule is Cc1[c]ccn1C. The highest BCUT2D eigenvalue weighted by Crippen LogP contribution is 1.92. The molecule has 0 aromatic carbocycles. The summed E-state index contributed by atoms with van der Waals surface area (Å²) in [6, 6.07) is 4.94. The van der Waals surface area contributed by atoms with Crippen LogP contribution in [0.4, 0.5) is 0 Å². The van der Waals surface area contributed by atoms with Crippen molar-refractivity contribution in [3.8, 4) is 0 Å². The van der Waals surface area contributed by atoms with Crippen LogP contribution in [0.25, 0.3) is 0 Å². The van der Waals surface area contributed by atoms with Crippen molar-refractivity contribution in [3.63, 3.8) is 0 Å². The fourth-order valence-corrected chi connectivity index (χ4v) is 0.483. The first-order valence-corrected chi connectivity index (χ1v) is 2.30. The molecule has 1 radical (unpaired) electrons. The van der Waals surface area contributed by atoms with Crippen molar-refractivity contribution in [2.75, 3.05) is 0 Å². The van der Waals surface area contributed by atoms with Gasteiger partial charge in [-0.25, -0.2) is 0 Å². The minimum atomic E-state index is 1.18. The molecule has 1 rings (SSSR count). The highest BCUT2D eigenvalue weighted by atomic mass is 14.9. The molecular weight excluding hydrogens is 86.1 g/mol. The van der Waals surface area contributed by atoms with Crippen LogP contribution >= 0.6 is 0 Å². The Labute approximate surface area is 43.6 Å². The van der Waals surface area contributed by atoms with Gasteiger partial charge in [-0.05, 0) is 13.0 Å². The standard InChI is InChI=1S/C6H8N/c1-6-4-3-5-7(6)2/h3,5H,1-2H3. The first kappa shape index (κ1) is 4.44. The van der Waals surface area contributed by atoms with Gasteiger partial charge in [0.25, 0.3) is 0 Å². The van der Waals surface area contributed by atoms with E-state index in [1.54, 1.807) is 0 Å². The monoisotopic (exact) mass is 94.1 g/mol. The summed E-state index contributed by atoms with van der Waals surface area (Å²) in [7, 11) is 2.01. The molecule has 0 bridgehead atoms. The Morgan fingerprint density at radius 1 is 1.71 bits per heavy atom. The van der Waals surface area contributed by atoms with Gasteiger partial charge in [0.15, 0.2) is 0 Å². The molecule has 0 aliphatic rings. The van der Waals surface area contributed by atoms with E-state index < -0.39 is 0 Å². The molecule has 0 atom stereocenters. The van der Waals surface area contributed by atoms with E-state index in [4.69, 9.17) is 0 Å². The Kier molecular flexibility index (Phi) is 0.895. The number of hydrogen-bond acceptors (Lipinski definition) is 0. The van der Waals surface area contributed by atoms with Gasteiger partial charge in [0, 0.05) is 25.0 Å². The summed E-state index contributed by atoms with van der Waals surface area (Å²) in [5, 5.41) is 0. The van der Waals surface area contributed by atoms with Gasteiger partial charge in [-0.3, -0.25) is 0 Å². The lowest BCUT2D eigenvalue weighted by atomic mass is 10.5. The van der Waals surface area contributed by atoms with Crippen molar-refractivity contribution in [2.24, 2.45) is 7.05 Å². The van der Waals surface area contributed by atoms with Crippen molar-refractivity contribution in [2.45, 2.75) is 6.92 Å². The lowest BCUT2D eigenvalue weighted by Crippen LogP contribution is -1.84. The summed E-state index contributed by atoms with van der Waals surface area (Å²) in [6.07, 6.45) is 1.98. The maximum absolute atomic E-state index is 3.03. The molecular formula is C6H8N. The second-order valence-electron chi connectivity index (χ2n) is 1.66. The van der Waals surface area contributed by atoms with Crippen LogP contribution < -0.4 is 0 Å². The van der Waals surface area contributed by atoms with Crippen LogP contribution in [0.1, 0.15) is 5.69 Å². The Hall–Kier alpha value is -0.720. The minimum absolute atomic E-state index is 1.18. The molecule has 1 nitrogen and oxygen atoms in total. The smallest absolute Gasteiger partial charge is 0.0219 e. The summed E-state index contributed by atoms with van der Waals surface area (Å²) in [5.74, 6) is 0. The van der Waals surface area contributed by atoms with Gasteiger partial charge in [0.05, 0.1) is 0 Å². The molecule has 1 heterocycles. The largest absolute Gasteiger partial charge is 0.354 e. The van der Waals surface area contributed by atoms with Crippen LogP contribution in [0, 0.1) is 13.0 Å². The first-order chi connectivity index (χ1) is 3.30. The number of hydrogen-bond donors (Lipinski definition) is 0. The molecule has 0 fully saturated rings. The summed E-state index contributed by atoms with van der Waals surface area (Å²) in [6.45, 7) is 2.03. The van der Waals surface area contributed by atoms with E-state index >= 15 is 0 Å². The third-order valence-electron chi connectivity index (χ3n) is 1.12. The van der Waals surface area contributed by atoms with E-state index in [-0.39, 0.29) is 0 Å². The van der Waals surface area contributed by atoms with Gasteiger partial charge in [0.1, 0.15) is 0 Å². The minimum Gasteiger partial charge on any atom is -0.354 e. The van der Waals surface area contributed by atoms with E-state index in [2.05, 4.69) is 6.07 Å². The van der Waals surface area contributed by atoms with Crippen LogP contribution in [0.3, 0.4) is 0 Å². The van der Waals surface area contributed by atoms with E-state index in [9.17, 15) is 0 Å². The van der Waals surface area contributed by atoms with E-state index in [1.165, 1.54) is 5.69 Å². The maximum Gasteiger partial charge on any atom is 0.0219 e. The zero-order valence-electron chi connectivity index (χ0n) is 4.60. The lowest BCUT2D eigenvalue weighted by molar-refractivity contribution is 0.881. The second kappa shape index (κ2) is 1.41. The number of aryl methyl sites for hydroxylation is 2. The molecule has 37 valence electrons. The second-order valence-corrected chi connectivity index (χ2v) is 1.66. The fourth-order valence-electron chi connectivity index (χ4n) is 0.483. The molecule has 0 saturated carbocycles. The van der Waals surface area contributed by atoms with Gasteiger partial charge in [-0.2, -0.15) is 0 Å². The van der Waals surface area contributed by atoms with Crippen LogP contribution in [0.2, 0.25) is 0 Å². The zero-order chi connectivity index (χ0) is 5.28. The van der Waals surface area contributed by atoms with E-state index in [0.29, 0.717) is 0 Å². The summed E-state index contributed by atoms with van der Waals surface area (Å²) in [4.78, 5) is 0. The van der Waals surface area contributed by atoms with Crippen molar-refractivity contribution in [1.82, 2.24) is 4.57 Å². The maximum atomic E-state index is 3.03. The van der Waals surface area contributed by atoms with E-state index in [1.807, 2.05) is 30.8 Å². The van der Waals surface area contributed by atoms with Gasteiger partial charge < -0.3 is 4.57 Å². The molecule has 0 N–H and O–H groups in total. The summed E-state index contributed by atoms with van der Waals surface area (Å²) < 4.78 is 2.03. The van der Waals surface area contributed by atoms with Crippen molar-refractivity contribution in [3.05, 3.63) is 24.0 Å². The molecule has 0 amide bonds. The zero-order valence-corrected chi connectivity index (χ0v) is 4.60. The Balaban J connectivity index is 3.12. The predicted molar refractivity (Wildman–Crippen MR) is 29.0 cm³/mol. The molecule has 0 aliphatic carbocycles. The Morgan fingerprint density at radius 2 is 2.43 bits per heavy atom. The van der Waals surface area contributed by atoms with Crippen molar-refractivity contribution < 1.29 is 0 Å². The average Bonchev–Trinajstić information content (AvgIpc) is 1.91. The number of rotatable bonds is 0. The molecule has 1 heteroatoms. The van der Waals surface area contributed by atoms with Crippen molar-refractivity contribution >= 4 is 0 Å². The third kappa shape index (κ3) is 0.660. The highest BCUT2D eigenvalue weighted by Gasteiger charge is 1.82. The summed E-state index contributed by atoms with van der Waals surface area (Å²) >= 11 is 0. The van der Waals surface area contributed by atoms with Gasteiger partial charge in [0.2, 0.25) is 0 Å². The van der Waals surface area contributed by atoms with Crippen LogP contribution in [0.5, 0.6) is 0 Å². The first-order valence-electron chi connectivity index (χ1n) is 2.30. The van der Waals surface area contributed by atoms with E-state index in [0.717, 1.165) is 0 Å². The molecule has 0 spiro atoms. The molecule has 0 aliphatic heterocycles. The normalized spacial score (nSPS) is 9.43.